The number of benzene rings is 2. The van der Waals surface area contributed by atoms with E-state index in [1.165, 1.54) is 0 Å². The molecule has 0 fully saturated rings. The highest BCUT2D eigenvalue weighted by molar-refractivity contribution is 6.01. The molecule has 0 amide bonds. The first-order valence-corrected chi connectivity index (χ1v) is 6.58. The maximum Gasteiger partial charge on any atom is 0.170 e. The fourth-order valence-corrected chi connectivity index (χ4v) is 2.22. The summed E-state index contributed by atoms with van der Waals surface area (Å²) in [6.45, 7) is 4.05. The fourth-order valence-electron chi connectivity index (χ4n) is 2.22. The predicted molar refractivity (Wildman–Crippen MR) is 79.4 cm³/mol. The highest BCUT2D eigenvalue weighted by atomic mass is 16.1. The molecule has 19 heavy (non-hydrogen) atoms. The van der Waals surface area contributed by atoms with Crippen LogP contribution in [0.2, 0.25) is 0 Å². The van der Waals surface area contributed by atoms with Crippen LogP contribution in [0.3, 0.4) is 0 Å². The van der Waals surface area contributed by atoms with Gasteiger partial charge in [-0.25, -0.2) is 0 Å². The van der Waals surface area contributed by atoms with E-state index in [0.29, 0.717) is 0 Å². The third kappa shape index (κ3) is 3.02. The summed E-state index contributed by atoms with van der Waals surface area (Å²) in [6.07, 6.45) is 0.788. The van der Waals surface area contributed by atoms with Crippen molar-refractivity contribution in [2.45, 2.75) is 26.2 Å². The first-order chi connectivity index (χ1) is 9.11. The standard InChI is InChI=1S/C17H19NO/c1-3-16(13-8-10-15(18)11-9-13)17(19)14-6-4-12(2)5-7-14/h4-11,16H,3,18H2,1-2H3/t16-/m0/s1. The van der Waals surface area contributed by atoms with E-state index < -0.39 is 0 Å². The normalized spacial score (nSPS) is 12.1. The number of nitrogen functional groups attached to an aromatic ring is 1. The number of nitrogens with two attached hydrogens (primary N) is 1. The number of rotatable bonds is 4. The molecule has 0 unspecified atom stereocenters. The van der Waals surface area contributed by atoms with Crippen molar-refractivity contribution >= 4 is 11.5 Å². The Bertz CT molecular complexity index is 555. The predicted octanol–water partition coefficient (Wildman–Crippen LogP) is 3.95. The van der Waals surface area contributed by atoms with E-state index in [0.717, 1.165) is 28.8 Å². The maximum absolute atomic E-state index is 12.5. The summed E-state index contributed by atoms with van der Waals surface area (Å²) in [6, 6.07) is 15.3. The second-order valence-corrected chi connectivity index (χ2v) is 4.86. The van der Waals surface area contributed by atoms with Crippen LogP contribution in [0.5, 0.6) is 0 Å². The van der Waals surface area contributed by atoms with Crippen molar-refractivity contribution in [1.82, 2.24) is 0 Å². The van der Waals surface area contributed by atoms with E-state index in [2.05, 4.69) is 0 Å². The summed E-state index contributed by atoms with van der Waals surface area (Å²) >= 11 is 0. The van der Waals surface area contributed by atoms with Crippen LogP contribution in [0.1, 0.15) is 40.7 Å². The molecular weight excluding hydrogens is 234 g/mol. The Hall–Kier alpha value is -2.09. The highest BCUT2D eigenvalue weighted by Crippen LogP contribution is 2.25. The summed E-state index contributed by atoms with van der Waals surface area (Å²) in [5.41, 5.74) is 9.38. The SMILES string of the molecule is CC[C@H](C(=O)c1ccc(C)cc1)c1ccc(N)cc1. The number of ketones is 1. The first kappa shape index (κ1) is 13.3. The van der Waals surface area contributed by atoms with Crippen molar-refractivity contribution in [3.05, 3.63) is 65.2 Å². The van der Waals surface area contributed by atoms with Crippen molar-refractivity contribution in [3.63, 3.8) is 0 Å². The molecule has 0 radical (unpaired) electrons. The summed E-state index contributed by atoms with van der Waals surface area (Å²) in [5, 5.41) is 0. The Morgan fingerprint density at radius 3 is 2.16 bits per heavy atom. The summed E-state index contributed by atoms with van der Waals surface area (Å²) < 4.78 is 0. The minimum absolute atomic E-state index is 0.0942. The number of anilines is 1. The lowest BCUT2D eigenvalue weighted by atomic mass is 9.88. The smallest absolute Gasteiger partial charge is 0.170 e. The van der Waals surface area contributed by atoms with Crippen LogP contribution in [0, 0.1) is 6.92 Å². The van der Waals surface area contributed by atoms with Gasteiger partial charge in [0.15, 0.2) is 5.78 Å². The molecule has 2 rings (SSSR count). The van der Waals surface area contributed by atoms with Crippen LogP contribution < -0.4 is 5.73 Å². The van der Waals surface area contributed by atoms with Gasteiger partial charge in [0.05, 0.1) is 0 Å². The topological polar surface area (TPSA) is 43.1 Å². The molecule has 0 saturated carbocycles. The van der Waals surface area contributed by atoms with Crippen LogP contribution in [-0.4, -0.2) is 5.78 Å². The van der Waals surface area contributed by atoms with Gasteiger partial charge in [-0.3, -0.25) is 4.79 Å². The van der Waals surface area contributed by atoms with Gasteiger partial charge in [0.25, 0.3) is 0 Å². The van der Waals surface area contributed by atoms with E-state index in [-0.39, 0.29) is 11.7 Å². The van der Waals surface area contributed by atoms with Crippen LogP contribution in [0.4, 0.5) is 5.69 Å². The van der Waals surface area contributed by atoms with Crippen molar-refractivity contribution in [2.75, 3.05) is 5.73 Å². The van der Waals surface area contributed by atoms with Crippen LogP contribution in [-0.2, 0) is 0 Å². The monoisotopic (exact) mass is 253 g/mol. The molecule has 0 saturated heterocycles. The molecule has 2 nitrogen and oxygen atoms in total. The zero-order valence-corrected chi connectivity index (χ0v) is 11.4. The number of hydrogen-bond donors (Lipinski definition) is 1. The largest absolute Gasteiger partial charge is 0.399 e. The molecule has 0 aliphatic rings. The van der Waals surface area contributed by atoms with Crippen molar-refractivity contribution in [3.8, 4) is 0 Å². The van der Waals surface area contributed by atoms with Crippen LogP contribution in [0.15, 0.2) is 48.5 Å². The molecule has 0 aromatic heterocycles. The van der Waals surface area contributed by atoms with Crippen LogP contribution >= 0.6 is 0 Å². The number of aryl methyl sites for hydroxylation is 1. The van der Waals surface area contributed by atoms with Gasteiger partial charge in [0.2, 0.25) is 0 Å². The number of hydrogen-bond acceptors (Lipinski definition) is 2. The van der Waals surface area contributed by atoms with Gasteiger partial charge in [0.1, 0.15) is 0 Å². The average molecular weight is 253 g/mol. The summed E-state index contributed by atoms with van der Waals surface area (Å²) in [5.74, 6) is 0.0792. The van der Waals surface area contributed by atoms with Gasteiger partial charge in [-0.05, 0) is 31.0 Å². The van der Waals surface area contributed by atoms with Gasteiger partial charge in [-0.2, -0.15) is 0 Å². The summed E-state index contributed by atoms with van der Waals surface area (Å²) in [7, 11) is 0. The molecule has 2 N–H and O–H groups in total. The van der Waals surface area contributed by atoms with Gasteiger partial charge in [-0.15, -0.1) is 0 Å². The maximum atomic E-state index is 12.5. The molecule has 2 heteroatoms. The molecule has 98 valence electrons. The quantitative estimate of drug-likeness (QED) is 0.662. The number of carbonyl (C=O) groups is 1. The molecule has 0 aliphatic heterocycles. The van der Waals surface area contributed by atoms with Crippen molar-refractivity contribution < 1.29 is 4.79 Å². The molecular formula is C17H19NO. The minimum atomic E-state index is -0.0942. The van der Waals surface area contributed by atoms with E-state index in [4.69, 9.17) is 5.73 Å². The average Bonchev–Trinajstić information content (AvgIpc) is 2.42. The Labute approximate surface area is 114 Å². The number of Topliss-reactive ketones (excluding diaryl/α,β-unsaturated/α-hetero) is 1. The fraction of sp³-hybridized carbons (Fsp3) is 0.235. The highest BCUT2D eigenvalue weighted by Gasteiger charge is 2.19. The Kier molecular flexibility index (Phi) is 4.00. The van der Waals surface area contributed by atoms with Crippen molar-refractivity contribution in [1.29, 1.82) is 0 Å². The molecule has 0 bridgehead atoms. The zero-order chi connectivity index (χ0) is 13.8. The zero-order valence-electron chi connectivity index (χ0n) is 11.4. The van der Waals surface area contributed by atoms with E-state index in [1.54, 1.807) is 0 Å². The number of carbonyl (C=O) groups excluding carboxylic acids is 1. The second kappa shape index (κ2) is 5.70. The van der Waals surface area contributed by atoms with Crippen LogP contribution in [0.25, 0.3) is 0 Å². The minimum Gasteiger partial charge on any atom is -0.399 e. The van der Waals surface area contributed by atoms with E-state index >= 15 is 0 Å². The van der Waals surface area contributed by atoms with E-state index in [9.17, 15) is 4.79 Å². The van der Waals surface area contributed by atoms with Gasteiger partial charge in [-0.1, -0.05) is 48.9 Å². The molecule has 0 aliphatic carbocycles. The Balaban J connectivity index is 2.29. The van der Waals surface area contributed by atoms with Gasteiger partial charge < -0.3 is 5.73 Å². The van der Waals surface area contributed by atoms with Gasteiger partial charge >= 0.3 is 0 Å². The second-order valence-electron chi connectivity index (χ2n) is 4.86. The lowest BCUT2D eigenvalue weighted by Gasteiger charge is -2.14. The molecule has 0 spiro atoms. The lowest BCUT2D eigenvalue weighted by Crippen LogP contribution is -2.12. The molecule has 1 atom stereocenters. The third-order valence-electron chi connectivity index (χ3n) is 3.40. The Morgan fingerprint density at radius 2 is 1.63 bits per heavy atom. The lowest BCUT2D eigenvalue weighted by molar-refractivity contribution is 0.0957. The molecule has 2 aromatic carbocycles. The third-order valence-corrected chi connectivity index (χ3v) is 3.40. The Morgan fingerprint density at radius 1 is 1.05 bits per heavy atom. The first-order valence-electron chi connectivity index (χ1n) is 6.58. The molecule has 0 heterocycles. The van der Waals surface area contributed by atoms with Gasteiger partial charge in [0, 0.05) is 17.2 Å². The molecule has 2 aromatic rings. The van der Waals surface area contributed by atoms with E-state index in [1.807, 2.05) is 62.4 Å². The van der Waals surface area contributed by atoms with Crippen molar-refractivity contribution in [2.24, 2.45) is 0 Å². The summed E-state index contributed by atoms with van der Waals surface area (Å²) in [4.78, 5) is 12.5.